The lowest BCUT2D eigenvalue weighted by Gasteiger charge is -2.06. The summed E-state index contributed by atoms with van der Waals surface area (Å²) < 4.78 is 0. The van der Waals surface area contributed by atoms with Gasteiger partial charge in [-0.05, 0) is 31.2 Å². The molecule has 0 radical (unpaired) electrons. The normalized spacial score (nSPS) is 19.9. The largest absolute Gasteiger partial charge is 0.363 e. The minimum absolute atomic E-state index is 0.715. The summed E-state index contributed by atoms with van der Waals surface area (Å²) in [6.07, 6.45) is 1.13. The van der Waals surface area contributed by atoms with Gasteiger partial charge in [-0.2, -0.15) is 0 Å². The Morgan fingerprint density at radius 3 is 2.64 bits per heavy atom. The third-order valence-corrected chi connectivity index (χ3v) is 2.83. The first kappa shape index (κ1) is 9.53. The Kier molecular flexibility index (Phi) is 2.73. The van der Waals surface area contributed by atoms with E-state index in [1.54, 1.807) is 0 Å². The Balaban J connectivity index is 1.98. The third kappa shape index (κ3) is 1.90. The number of hydrogen-bond donors (Lipinski definition) is 1. The average molecular weight is 190 g/mol. The van der Waals surface area contributed by atoms with Crippen molar-refractivity contribution in [1.29, 1.82) is 0 Å². The van der Waals surface area contributed by atoms with Crippen molar-refractivity contribution in [1.82, 2.24) is 5.32 Å². The van der Waals surface area contributed by atoms with Crippen molar-refractivity contribution in [2.45, 2.75) is 19.4 Å². The highest BCUT2D eigenvalue weighted by Crippen LogP contribution is 2.27. The van der Waals surface area contributed by atoms with Crippen LogP contribution in [0.5, 0.6) is 0 Å². The molecule has 1 aromatic rings. The third-order valence-electron chi connectivity index (χ3n) is 2.83. The summed E-state index contributed by atoms with van der Waals surface area (Å²) in [6.45, 7) is 4.48. The minimum atomic E-state index is 0.715. The van der Waals surface area contributed by atoms with E-state index < -0.39 is 0 Å². The van der Waals surface area contributed by atoms with E-state index in [1.165, 1.54) is 17.8 Å². The Labute approximate surface area is 85.9 Å². The van der Waals surface area contributed by atoms with Crippen LogP contribution in [0.25, 0.3) is 0 Å². The monoisotopic (exact) mass is 190 g/mol. The van der Waals surface area contributed by atoms with E-state index in [0.29, 0.717) is 6.04 Å². The maximum atomic E-state index is 3.21. The molecule has 1 heterocycles. The SMILES string of the molecule is CCc1ccc(N2CC2CNC)cc1. The van der Waals surface area contributed by atoms with E-state index >= 15 is 0 Å². The van der Waals surface area contributed by atoms with Gasteiger partial charge in [-0.3, -0.25) is 0 Å². The van der Waals surface area contributed by atoms with Crippen LogP contribution in [0.1, 0.15) is 12.5 Å². The van der Waals surface area contributed by atoms with Crippen LogP contribution in [0, 0.1) is 0 Å². The molecule has 0 spiro atoms. The molecule has 1 unspecified atom stereocenters. The second-order valence-electron chi connectivity index (χ2n) is 3.88. The summed E-state index contributed by atoms with van der Waals surface area (Å²) in [4.78, 5) is 2.43. The van der Waals surface area contributed by atoms with Gasteiger partial charge in [-0.15, -0.1) is 0 Å². The number of nitrogens with one attached hydrogen (secondary N) is 1. The highest BCUT2D eigenvalue weighted by molar-refractivity contribution is 5.54. The highest BCUT2D eigenvalue weighted by atomic mass is 15.3. The molecule has 1 atom stereocenters. The minimum Gasteiger partial charge on any atom is -0.363 e. The molecule has 0 aromatic heterocycles. The molecule has 76 valence electrons. The quantitative estimate of drug-likeness (QED) is 0.726. The van der Waals surface area contributed by atoms with Crippen molar-refractivity contribution in [3.05, 3.63) is 29.8 Å². The topological polar surface area (TPSA) is 15.0 Å². The predicted molar refractivity (Wildman–Crippen MR) is 60.9 cm³/mol. The standard InChI is InChI=1S/C12H18N2/c1-3-10-4-6-11(7-5-10)14-9-12(14)8-13-2/h4-7,12-13H,3,8-9H2,1-2H3. The van der Waals surface area contributed by atoms with E-state index in [1.807, 2.05) is 7.05 Å². The molecule has 0 saturated carbocycles. The van der Waals surface area contributed by atoms with Gasteiger partial charge in [-0.1, -0.05) is 19.1 Å². The van der Waals surface area contributed by atoms with Crippen LogP contribution >= 0.6 is 0 Å². The highest BCUT2D eigenvalue weighted by Gasteiger charge is 2.32. The van der Waals surface area contributed by atoms with Gasteiger partial charge in [0.15, 0.2) is 0 Å². The molecule has 2 nitrogen and oxygen atoms in total. The number of rotatable bonds is 4. The van der Waals surface area contributed by atoms with Gasteiger partial charge in [0.25, 0.3) is 0 Å². The Morgan fingerprint density at radius 2 is 2.07 bits per heavy atom. The smallest absolute Gasteiger partial charge is 0.0590 e. The van der Waals surface area contributed by atoms with Crippen LogP contribution in [-0.4, -0.2) is 26.2 Å². The van der Waals surface area contributed by atoms with Crippen LogP contribution in [0.15, 0.2) is 24.3 Å². The van der Waals surface area contributed by atoms with E-state index in [-0.39, 0.29) is 0 Å². The van der Waals surface area contributed by atoms with Gasteiger partial charge in [0, 0.05) is 18.8 Å². The van der Waals surface area contributed by atoms with Crippen molar-refractivity contribution >= 4 is 5.69 Å². The average Bonchev–Trinajstić information content (AvgIpc) is 2.98. The van der Waals surface area contributed by atoms with E-state index in [4.69, 9.17) is 0 Å². The first-order valence-corrected chi connectivity index (χ1v) is 5.35. The molecule has 1 saturated heterocycles. The Hall–Kier alpha value is -1.02. The van der Waals surface area contributed by atoms with E-state index in [0.717, 1.165) is 13.0 Å². The number of hydrogen-bond acceptors (Lipinski definition) is 2. The zero-order chi connectivity index (χ0) is 9.97. The first-order valence-electron chi connectivity index (χ1n) is 5.35. The maximum absolute atomic E-state index is 3.21. The molecule has 0 amide bonds. The second-order valence-corrected chi connectivity index (χ2v) is 3.88. The fourth-order valence-electron chi connectivity index (χ4n) is 1.83. The summed E-state index contributed by atoms with van der Waals surface area (Å²) in [5.74, 6) is 0. The van der Waals surface area contributed by atoms with Gasteiger partial charge < -0.3 is 10.2 Å². The van der Waals surface area contributed by atoms with Crippen molar-refractivity contribution < 1.29 is 0 Å². The molecule has 1 N–H and O–H groups in total. The summed E-state index contributed by atoms with van der Waals surface area (Å²) in [5, 5.41) is 3.21. The fourth-order valence-corrected chi connectivity index (χ4v) is 1.83. The van der Waals surface area contributed by atoms with Crippen LogP contribution in [0.4, 0.5) is 5.69 Å². The number of anilines is 1. The van der Waals surface area contributed by atoms with E-state index in [9.17, 15) is 0 Å². The van der Waals surface area contributed by atoms with Gasteiger partial charge in [0.05, 0.1) is 6.04 Å². The van der Waals surface area contributed by atoms with Crippen molar-refractivity contribution in [2.75, 3.05) is 25.0 Å². The second kappa shape index (κ2) is 4.01. The first-order chi connectivity index (χ1) is 6.85. The lowest BCUT2D eigenvalue weighted by molar-refractivity contribution is 0.791. The van der Waals surface area contributed by atoms with Crippen LogP contribution < -0.4 is 10.2 Å². The van der Waals surface area contributed by atoms with Gasteiger partial charge in [-0.25, -0.2) is 0 Å². The molecule has 0 aliphatic carbocycles. The molecule has 1 aromatic carbocycles. The molecule has 0 bridgehead atoms. The number of aryl methyl sites for hydroxylation is 1. The molecular weight excluding hydrogens is 172 g/mol. The molecule has 1 aliphatic rings. The summed E-state index contributed by atoms with van der Waals surface area (Å²) >= 11 is 0. The lowest BCUT2D eigenvalue weighted by atomic mass is 10.1. The van der Waals surface area contributed by atoms with Crippen LogP contribution in [0.3, 0.4) is 0 Å². The van der Waals surface area contributed by atoms with Crippen molar-refractivity contribution in [2.24, 2.45) is 0 Å². The van der Waals surface area contributed by atoms with Crippen LogP contribution in [0.2, 0.25) is 0 Å². The Morgan fingerprint density at radius 1 is 1.36 bits per heavy atom. The lowest BCUT2D eigenvalue weighted by Crippen LogP contribution is -2.17. The van der Waals surface area contributed by atoms with Gasteiger partial charge in [0.2, 0.25) is 0 Å². The Bertz CT molecular complexity index is 292. The molecule has 1 fully saturated rings. The zero-order valence-electron chi connectivity index (χ0n) is 8.96. The molecule has 2 heteroatoms. The van der Waals surface area contributed by atoms with E-state index in [2.05, 4.69) is 41.4 Å². The van der Waals surface area contributed by atoms with Crippen molar-refractivity contribution in [3.8, 4) is 0 Å². The maximum Gasteiger partial charge on any atom is 0.0590 e. The zero-order valence-corrected chi connectivity index (χ0v) is 8.96. The molecule has 14 heavy (non-hydrogen) atoms. The summed E-state index contributed by atoms with van der Waals surface area (Å²) in [7, 11) is 2.01. The fraction of sp³-hybridized carbons (Fsp3) is 0.500. The van der Waals surface area contributed by atoms with Crippen molar-refractivity contribution in [3.63, 3.8) is 0 Å². The molecule has 2 rings (SSSR count). The summed E-state index contributed by atoms with van der Waals surface area (Å²) in [6, 6.07) is 9.63. The summed E-state index contributed by atoms with van der Waals surface area (Å²) in [5.41, 5.74) is 2.78. The molecule has 1 aliphatic heterocycles. The van der Waals surface area contributed by atoms with Gasteiger partial charge in [0.1, 0.15) is 0 Å². The van der Waals surface area contributed by atoms with Gasteiger partial charge >= 0.3 is 0 Å². The number of nitrogens with zero attached hydrogens (tertiary/aromatic N) is 1. The number of benzene rings is 1. The molecular formula is C12H18N2. The predicted octanol–water partition coefficient (Wildman–Crippen LogP) is 1.66. The van der Waals surface area contributed by atoms with Crippen LogP contribution in [-0.2, 0) is 6.42 Å². The number of likely N-dealkylation sites (N-methyl/N-ethyl adjacent to an activating group) is 1.